The Labute approximate surface area is 90.0 Å². The molecule has 0 saturated heterocycles. The SMILES string of the molecule is CC(C)(C)OC(N)(C=O)CCC(N)=S. The van der Waals surface area contributed by atoms with Crippen LogP contribution in [0.5, 0.6) is 0 Å². The van der Waals surface area contributed by atoms with Gasteiger partial charge in [-0.2, -0.15) is 0 Å². The fourth-order valence-corrected chi connectivity index (χ4v) is 1.12. The zero-order valence-electron chi connectivity index (χ0n) is 8.87. The minimum atomic E-state index is -1.29. The van der Waals surface area contributed by atoms with Gasteiger partial charge in [-0.05, 0) is 20.8 Å². The standard InChI is InChI=1S/C9H18N2O2S/c1-8(2,3)13-9(11,6-12)5-4-7(10)14/h6H,4-5,11H2,1-3H3,(H2,10,14). The highest BCUT2D eigenvalue weighted by molar-refractivity contribution is 7.80. The van der Waals surface area contributed by atoms with Gasteiger partial charge in [-0.15, -0.1) is 0 Å². The monoisotopic (exact) mass is 218 g/mol. The summed E-state index contributed by atoms with van der Waals surface area (Å²) in [5, 5.41) is 0. The highest BCUT2D eigenvalue weighted by atomic mass is 32.1. The van der Waals surface area contributed by atoms with Crippen molar-refractivity contribution >= 4 is 23.5 Å². The molecule has 1 unspecified atom stereocenters. The van der Waals surface area contributed by atoms with Gasteiger partial charge in [-0.1, -0.05) is 12.2 Å². The first-order valence-corrected chi connectivity index (χ1v) is 4.83. The van der Waals surface area contributed by atoms with Crippen LogP contribution >= 0.6 is 12.2 Å². The van der Waals surface area contributed by atoms with E-state index in [-0.39, 0.29) is 0 Å². The van der Waals surface area contributed by atoms with Gasteiger partial charge in [-0.3, -0.25) is 10.5 Å². The number of thiocarbonyl (C=S) groups is 1. The zero-order valence-corrected chi connectivity index (χ0v) is 9.69. The molecule has 5 heteroatoms. The molecule has 0 heterocycles. The summed E-state index contributed by atoms with van der Waals surface area (Å²) in [4.78, 5) is 11.1. The predicted molar refractivity (Wildman–Crippen MR) is 59.8 cm³/mol. The molecule has 0 aromatic carbocycles. The molecule has 0 amide bonds. The quantitative estimate of drug-likeness (QED) is 0.404. The van der Waals surface area contributed by atoms with Gasteiger partial charge in [0, 0.05) is 12.8 Å². The van der Waals surface area contributed by atoms with Crippen molar-refractivity contribution in [2.45, 2.75) is 44.9 Å². The van der Waals surface area contributed by atoms with Crippen LogP contribution in [0.1, 0.15) is 33.6 Å². The topological polar surface area (TPSA) is 78.3 Å². The largest absolute Gasteiger partial charge is 0.393 e. The summed E-state index contributed by atoms with van der Waals surface area (Å²) < 4.78 is 5.42. The molecule has 0 bridgehead atoms. The molecule has 0 saturated carbocycles. The van der Waals surface area contributed by atoms with Crippen molar-refractivity contribution in [1.29, 1.82) is 0 Å². The number of carbonyl (C=O) groups is 1. The van der Waals surface area contributed by atoms with E-state index in [0.717, 1.165) is 0 Å². The van der Waals surface area contributed by atoms with Crippen molar-refractivity contribution in [3.8, 4) is 0 Å². The van der Waals surface area contributed by atoms with E-state index >= 15 is 0 Å². The Morgan fingerprint density at radius 3 is 2.29 bits per heavy atom. The number of carbonyl (C=O) groups excluding carboxylic acids is 1. The molecule has 0 aliphatic heterocycles. The predicted octanol–water partition coefficient (Wildman–Crippen LogP) is 0.722. The molecule has 0 aromatic heterocycles. The van der Waals surface area contributed by atoms with Crippen LogP contribution in [0.3, 0.4) is 0 Å². The van der Waals surface area contributed by atoms with Gasteiger partial charge in [0.2, 0.25) is 0 Å². The maximum absolute atomic E-state index is 10.8. The average Bonchev–Trinajstić information content (AvgIpc) is 1.98. The molecular formula is C9H18N2O2S. The number of hydrogen-bond acceptors (Lipinski definition) is 4. The summed E-state index contributed by atoms with van der Waals surface area (Å²) in [5.74, 6) is 0. The second-order valence-corrected chi connectivity index (χ2v) is 4.78. The Hall–Kier alpha value is -0.520. The first kappa shape index (κ1) is 13.5. The van der Waals surface area contributed by atoms with Gasteiger partial charge in [0.25, 0.3) is 0 Å². The van der Waals surface area contributed by atoms with E-state index < -0.39 is 11.3 Å². The first-order chi connectivity index (χ1) is 6.18. The summed E-state index contributed by atoms with van der Waals surface area (Å²) >= 11 is 4.70. The lowest BCUT2D eigenvalue weighted by Crippen LogP contribution is -2.49. The Kier molecular flexibility index (Phi) is 4.64. The Bertz CT molecular complexity index is 225. The Morgan fingerprint density at radius 1 is 1.50 bits per heavy atom. The van der Waals surface area contributed by atoms with Crippen LogP contribution in [-0.2, 0) is 9.53 Å². The van der Waals surface area contributed by atoms with Crippen molar-refractivity contribution in [2.75, 3.05) is 0 Å². The van der Waals surface area contributed by atoms with E-state index in [1.54, 1.807) is 0 Å². The third-order valence-electron chi connectivity index (χ3n) is 1.46. The normalized spacial score (nSPS) is 16.0. The van der Waals surface area contributed by atoms with E-state index in [1.807, 2.05) is 20.8 Å². The van der Waals surface area contributed by atoms with E-state index in [2.05, 4.69) is 0 Å². The molecule has 0 radical (unpaired) electrons. The van der Waals surface area contributed by atoms with E-state index in [0.29, 0.717) is 24.1 Å². The molecule has 0 aliphatic rings. The van der Waals surface area contributed by atoms with Gasteiger partial charge in [0.1, 0.15) is 0 Å². The first-order valence-electron chi connectivity index (χ1n) is 4.42. The summed E-state index contributed by atoms with van der Waals surface area (Å²) in [6.45, 7) is 5.50. The molecule has 1 atom stereocenters. The molecule has 0 fully saturated rings. The van der Waals surface area contributed by atoms with Crippen molar-refractivity contribution in [3.05, 3.63) is 0 Å². The summed E-state index contributed by atoms with van der Waals surface area (Å²) in [6.07, 6.45) is 1.31. The second-order valence-electron chi connectivity index (χ2n) is 4.25. The van der Waals surface area contributed by atoms with Crippen molar-refractivity contribution < 1.29 is 9.53 Å². The van der Waals surface area contributed by atoms with Crippen LogP contribution in [0.25, 0.3) is 0 Å². The molecule has 0 rings (SSSR count). The number of hydrogen-bond donors (Lipinski definition) is 2. The van der Waals surface area contributed by atoms with Crippen LogP contribution < -0.4 is 11.5 Å². The summed E-state index contributed by atoms with van der Waals surface area (Å²) in [7, 11) is 0. The fourth-order valence-electron chi connectivity index (χ4n) is 1.02. The van der Waals surface area contributed by atoms with Crippen LogP contribution in [0.2, 0.25) is 0 Å². The molecule has 0 spiro atoms. The number of rotatable bonds is 5. The number of nitrogens with two attached hydrogens (primary N) is 2. The highest BCUT2D eigenvalue weighted by Gasteiger charge is 2.30. The lowest BCUT2D eigenvalue weighted by Gasteiger charge is -2.32. The minimum Gasteiger partial charge on any atom is -0.393 e. The number of aldehydes is 1. The smallest absolute Gasteiger partial charge is 0.174 e. The van der Waals surface area contributed by atoms with Crippen LogP contribution in [0.4, 0.5) is 0 Å². The Morgan fingerprint density at radius 2 is 2.00 bits per heavy atom. The maximum atomic E-state index is 10.8. The van der Waals surface area contributed by atoms with Crippen LogP contribution in [-0.4, -0.2) is 22.6 Å². The van der Waals surface area contributed by atoms with Crippen LogP contribution in [0, 0.1) is 0 Å². The minimum absolute atomic E-state index is 0.309. The van der Waals surface area contributed by atoms with Crippen LogP contribution in [0.15, 0.2) is 0 Å². The van der Waals surface area contributed by atoms with Crippen molar-refractivity contribution in [2.24, 2.45) is 11.5 Å². The van der Waals surface area contributed by atoms with Gasteiger partial charge in [0.15, 0.2) is 12.0 Å². The number of ether oxygens (including phenoxy) is 1. The fraction of sp³-hybridized carbons (Fsp3) is 0.778. The highest BCUT2D eigenvalue weighted by Crippen LogP contribution is 2.18. The second kappa shape index (κ2) is 4.82. The molecule has 82 valence electrons. The Balaban J connectivity index is 4.32. The third kappa shape index (κ3) is 6.01. The molecule has 14 heavy (non-hydrogen) atoms. The molecule has 4 N–H and O–H groups in total. The molecule has 0 aromatic rings. The van der Waals surface area contributed by atoms with Crippen molar-refractivity contribution in [1.82, 2.24) is 0 Å². The van der Waals surface area contributed by atoms with E-state index in [1.165, 1.54) is 0 Å². The summed E-state index contributed by atoms with van der Waals surface area (Å²) in [5.41, 5.74) is 9.29. The maximum Gasteiger partial charge on any atom is 0.174 e. The summed E-state index contributed by atoms with van der Waals surface area (Å²) in [6, 6.07) is 0. The third-order valence-corrected chi connectivity index (χ3v) is 1.66. The van der Waals surface area contributed by atoms with Crippen molar-refractivity contribution in [3.63, 3.8) is 0 Å². The lowest BCUT2D eigenvalue weighted by molar-refractivity contribution is -0.153. The molecular weight excluding hydrogens is 200 g/mol. The molecule has 0 aliphatic carbocycles. The average molecular weight is 218 g/mol. The lowest BCUT2D eigenvalue weighted by atomic mass is 10.1. The van der Waals surface area contributed by atoms with Gasteiger partial charge in [-0.25, -0.2) is 0 Å². The zero-order chi connectivity index (χ0) is 11.4. The van der Waals surface area contributed by atoms with Gasteiger partial charge >= 0.3 is 0 Å². The van der Waals surface area contributed by atoms with E-state index in [9.17, 15) is 4.79 Å². The van der Waals surface area contributed by atoms with E-state index in [4.69, 9.17) is 28.4 Å². The van der Waals surface area contributed by atoms with Gasteiger partial charge in [0.05, 0.1) is 10.6 Å². The van der Waals surface area contributed by atoms with Gasteiger partial charge < -0.3 is 10.5 Å². The molecule has 4 nitrogen and oxygen atoms in total.